The third-order valence-electron chi connectivity index (χ3n) is 2.29. The van der Waals surface area contributed by atoms with Crippen molar-refractivity contribution in [2.45, 2.75) is 19.9 Å². The number of rotatable bonds is 6. The maximum absolute atomic E-state index is 8.74. The van der Waals surface area contributed by atoms with Crippen LogP contribution in [-0.4, -0.2) is 23.2 Å². The molecule has 84 valence electrons. The minimum atomic E-state index is 0.249. The van der Waals surface area contributed by atoms with Gasteiger partial charge in [0.15, 0.2) is 0 Å². The molecular formula is C11H17ClN2O. The van der Waals surface area contributed by atoms with Gasteiger partial charge in [0.2, 0.25) is 0 Å². The van der Waals surface area contributed by atoms with Crippen molar-refractivity contribution in [1.29, 1.82) is 0 Å². The number of nitrogens with zero attached hydrogens (tertiary/aromatic N) is 1. The maximum atomic E-state index is 8.74. The SMILES string of the molecule is CC(CCO)CNCc1ccncc1Cl. The van der Waals surface area contributed by atoms with Gasteiger partial charge in [0.25, 0.3) is 0 Å². The zero-order chi connectivity index (χ0) is 11.1. The van der Waals surface area contributed by atoms with E-state index >= 15 is 0 Å². The molecule has 3 nitrogen and oxygen atoms in total. The summed E-state index contributed by atoms with van der Waals surface area (Å²) in [6, 6.07) is 1.91. The highest BCUT2D eigenvalue weighted by Gasteiger charge is 2.02. The Morgan fingerprint density at radius 3 is 3.07 bits per heavy atom. The van der Waals surface area contributed by atoms with E-state index in [0.29, 0.717) is 10.9 Å². The number of aromatic nitrogens is 1. The van der Waals surface area contributed by atoms with Crippen molar-refractivity contribution in [3.8, 4) is 0 Å². The predicted molar refractivity (Wildman–Crippen MR) is 61.8 cm³/mol. The third-order valence-corrected chi connectivity index (χ3v) is 2.63. The molecule has 0 aliphatic carbocycles. The molecule has 1 heterocycles. The predicted octanol–water partition coefficient (Wildman–Crippen LogP) is 1.84. The van der Waals surface area contributed by atoms with E-state index < -0.39 is 0 Å². The van der Waals surface area contributed by atoms with Crippen LogP contribution in [0.4, 0.5) is 0 Å². The van der Waals surface area contributed by atoms with E-state index in [1.807, 2.05) is 6.07 Å². The summed E-state index contributed by atoms with van der Waals surface area (Å²) in [6.45, 7) is 3.99. The fraction of sp³-hybridized carbons (Fsp3) is 0.545. The van der Waals surface area contributed by atoms with Crippen LogP contribution in [0.5, 0.6) is 0 Å². The highest BCUT2D eigenvalue weighted by Crippen LogP contribution is 2.12. The molecule has 4 heteroatoms. The van der Waals surface area contributed by atoms with Crippen LogP contribution in [0.2, 0.25) is 5.02 Å². The van der Waals surface area contributed by atoms with Crippen molar-refractivity contribution < 1.29 is 5.11 Å². The number of aliphatic hydroxyl groups is 1. The molecule has 1 aromatic rings. The Morgan fingerprint density at radius 2 is 2.40 bits per heavy atom. The van der Waals surface area contributed by atoms with Crippen LogP contribution in [-0.2, 0) is 6.54 Å². The van der Waals surface area contributed by atoms with Gasteiger partial charge in [0, 0.05) is 25.5 Å². The minimum absolute atomic E-state index is 0.249. The zero-order valence-corrected chi connectivity index (χ0v) is 9.67. The van der Waals surface area contributed by atoms with Crippen LogP contribution in [0.3, 0.4) is 0 Å². The molecule has 0 saturated carbocycles. The Bertz CT molecular complexity index is 294. The maximum Gasteiger partial charge on any atom is 0.0634 e. The Balaban J connectivity index is 2.29. The summed E-state index contributed by atoms with van der Waals surface area (Å²) in [7, 11) is 0. The first-order chi connectivity index (χ1) is 7.24. The highest BCUT2D eigenvalue weighted by atomic mass is 35.5. The second-order valence-corrected chi connectivity index (χ2v) is 4.12. The summed E-state index contributed by atoms with van der Waals surface area (Å²) >= 11 is 5.96. The second-order valence-electron chi connectivity index (χ2n) is 3.72. The number of halogens is 1. The molecule has 1 atom stereocenters. The van der Waals surface area contributed by atoms with E-state index in [0.717, 1.165) is 25.1 Å². The first-order valence-electron chi connectivity index (χ1n) is 5.14. The van der Waals surface area contributed by atoms with Crippen LogP contribution in [0.15, 0.2) is 18.5 Å². The average Bonchev–Trinajstić information content (AvgIpc) is 2.21. The lowest BCUT2D eigenvalue weighted by atomic mass is 10.1. The van der Waals surface area contributed by atoms with Crippen molar-refractivity contribution in [2.24, 2.45) is 5.92 Å². The third kappa shape index (κ3) is 4.60. The summed E-state index contributed by atoms with van der Waals surface area (Å²) in [6.07, 6.45) is 4.22. The molecular weight excluding hydrogens is 212 g/mol. The number of pyridine rings is 1. The number of hydrogen-bond acceptors (Lipinski definition) is 3. The van der Waals surface area contributed by atoms with Crippen molar-refractivity contribution in [2.75, 3.05) is 13.2 Å². The highest BCUT2D eigenvalue weighted by molar-refractivity contribution is 6.31. The lowest BCUT2D eigenvalue weighted by Crippen LogP contribution is -2.21. The summed E-state index contributed by atoms with van der Waals surface area (Å²) in [4.78, 5) is 3.92. The summed E-state index contributed by atoms with van der Waals surface area (Å²) in [5.41, 5.74) is 1.06. The molecule has 0 fully saturated rings. The molecule has 0 radical (unpaired) electrons. The standard InChI is InChI=1S/C11H17ClN2O/c1-9(3-5-15)6-14-7-10-2-4-13-8-11(10)12/h2,4,8-9,14-15H,3,5-7H2,1H3. The molecule has 0 aromatic carbocycles. The normalized spacial score (nSPS) is 12.7. The van der Waals surface area contributed by atoms with Crippen LogP contribution >= 0.6 is 11.6 Å². The van der Waals surface area contributed by atoms with Crippen LogP contribution in [0, 0.1) is 5.92 Å². The van der Waals surface area contributed by atoms with E-state index in [-0.39, 0.29) is 6.61 Å². The molecule has 0 bridgehead atoms. The summed E-state index contributed by atoms with van der Waals surface area (Å²) in [5.74, 6) is 0.482. The molecule has 0 saturated heterocycles. The van der Waals surface area contributed by atoms with Gasteiger partial charge in [-0.1, -0.05) is 18.5 Å². The molecule has 2 N–H and O–H groups in total. The van der Waals surface area contributed by atoms with Crippen LogP contribution < -0.4 is 5.32 Å². The Hall–Kier alpha value is -0.640. The van der Waals surface area contributed by atoms with Gasteiger partial charge in [-0.15, -0.1) is 0 Å². The first-order valence-corrected chi connectivity index (χ1v) is 5.51. The number of hydrogen-bond donors (Lipinski definition) is 2. The lowest BCUT2D eigenvalue weighted by molar-refractivity contribution is 0.260. The van der Waals surface area contributed by atoms with Gasteiger partial charge in [-0.05, 0) is 30.5 Å². The van der Waals surface area contributed by atoms with Crippen molar-refractivity contribution >= 4 is 11.6 Å². The monoisotopic (exact) mass is 228 g/mol. The van der Waals surface area contributed by atoms with Gasteiger partial charge in [-0.25, -0.2) is 0 Å². The fourth-order valence-electron chi connectivity index (χ4n) is 1.32. The van der Waals surface area contributed by atoms with Gasteiger partial charge in [-0.3, -0.25) is 4.98 Å². The molecule has 1 rings (SSSR count). The van der Waals surface area contributed by atoms with Crippen molar-refractivity contribution in [1.82, 2.24) is 10.3 Å². The second kappa shape index (κ2) is 6.77. The van der Waals surface area contributed by atoms with Gasteiger partial charge < -0.3 is 10.4 Å². The number of nitrogens with one attached hydrogen (secondary N) is 1. The van der Waals surface area contributed by atoms with Gasteiger partial charge in [0.1, 0.15) is 0 Å². The Labute approximate surface area is 95.5 Å². The average molecular weight is 229 g/mol. The van der Waals surface area contributed by atoms with E-state index in [1.54, 1.807) is 12.4 Å². The molecule has 15 heavy (non-hydrogen) atoms. The molecule has 1 aromatic heterocycles. The lowest BCUT2D eigenvalue weighted by Gasteiger charge is -2.11. The fourth-order valence-corrected chi connectivity index (χ4v) is 1.51. The Kier molecular flexibility index (Phi) is 5.61. The van der Waals surface area contributed by atoms with E-state index in [2.05, 4.69) is 17.2 Å². The topological polar surface area (TPSA) is 45.1 Å². The minimum Gasteiger partial charge on any atom is -0.396 e. The molecule has 0 aliphatic rings. The smallest absolute Gasteiger partial charge is 0.0634 e. The van der Waals surface area contributed by atoms with E-state index in [4.69, 9.17) is 16.7 Å². The first kappa shape index (κ1) is 12.4. The van der Waals surface area contributed by atoms with E-state index in [1.165, 1.54) is 0 Å². The Morgan fingerprint density at radius 1 is 1.60 bits per heavy atom. The zero-order valence-electron chi connectivity index (χ0n) is 8.91. The van der Waals surface area contributed by atoms with Crippen molar-refractivity contribution in [3.05, 3.63) is 29.0 Å². The molecule has 0 amide bonds. The van der Waals surface area contributed by atoms with Gasteiger partial charge in [0.05, 0.1) is 5.02 Å². The molecule has 1 unspecified atom stereocenters. The molecule has 0 spiro atoms. The number of aliphatic hydroxyl groups excluding tert-OH is 1. The van der Waals surface area contributed by atoms with Gasteiger partial charge >= 0.3 is 0 Å². The van der Waals surface area contributed by atoms with E-state index in [9.17, 15) is 0 Å². The summed E-state index contributed by atoms with van der Waals surface area (Å²) in [5, 5.41) is 12.7. The van der Waals surface area contributed by atoms with Gasteiger partial charge in [-0.2, -0.15) is 0 Å². The quantitative estimate of drug-likeness (QED) is 0.781. The summed E-state index contributed by atoms with van der Waals surface area (Å²) < 4.78 is 0. The van der Waals surface area contributed by atoms with Crippen molar-refractivity contribution in [3.63, 3.8) is 0 Å². The molecule has 0 aliphatic heterocycles. The van der Waals surface area contributed by atoms with Crippen LogP contribution in [0.1, 0.15) is 18.9 Å². The van der Waals surface area contributed by atoms with Crippen LogP contribution in [0.25, 0.3) is 0 Å². The largest absolute Gasteiger partial charge is 0.396 e.